The van der Waals surface area contributed by atoms with Gasteiger partial charge in [-0.25, -0.2) is 4.39 Å². The van der Waals surface area contributed by atoms with Gasteiger partial charge < -0.3 is 20.1 Å². The molecule has 3 rings (SSSR count). The quantitative estimate of drug-likeness (QED) is 0.503. The summed E-state index contributed by atoms with van der Waals surface area (Å²) >= 11 is 0. The predicted molar refractivity (Wildman–Crippen MR) is 119 cm³/mol. The highest BCUT2D eigenvalue weighted by Gasteiger charge is 2.18. The van der Waals surface area contributed by atoms with Crippen LogP contribution in [0.4, 0.5) is 4.39 Å². The van der Waals surface area contributed by atoms with Gasteiger partial charge in [-0.1, -0.05) is 36.4 Å². The highest BCUT2D eigenvalue weighted by Crippen LogP contribution is 2.15. The Labute approximate surface area is 186 Å². The van der Waals surface area contributed by atoms with Crippen molar-refractivity contribution >= 4 is 11.8 Å². The SMILES string of the molecule is COc1ccc(CC(=O)NC(NC(=O)Cc2ccc(OC)cc2)c2ccc(F)cc2)cc1. The van der Waals surface area contributed by atoms with Crippen LogP contribution in [-0.2, 0) is 22.4 Å². The Kier molecular flexibility index (Phi) is 7.80. The van der Waals surface area contributed by atoms with Crippen molar-refractivity contribution in [3.05, 3.63) is 95.3 Å². The molecule has 0 saturated heterocycles. The van der Waals surface area contributed by atoms with E-state index in [4.69, 9.17) is 9.47 Å². The zero-order valence-corrected chi connectivity index (χ0v) is 17.9. The number of carbonyl (C=O) groups is 2. The molecule has 0 spiro atoms. The first-order valence-corrected chi connectivity index (χ1v) is 10.1. The number of rotatable bonds is 9. The predicted octanol–water partition coefficient (Wildman–Crippen LogP) is 3.56. The van der Waals surface area contributed by atoms with Crippen LogP contribution in [0.2, 0.25) is 0 Å². The van der Waals surface area contributed by atoms with Crippen LogP contribution in [0.25, 0.3) is 0 Å². The van der Waals surface area contributed by atoms with Crippen LogP contribution in [-0.4, -0.2) is 26.0 Å². The lowest BCUT2D eigenvalue weighted by Gasteiger charge is -2.21. The summed E-state index contributed by atoms with van der Waals surface area (Å²) in [6, 6.07) is 19.9. The summed E-state index contributed by atoms with van der Waals surface area (Å²) in [6.45, 7) is 0. The molecular formula is C25H25FN2O4. The van der Waals surface area contributed by atoms with Crippen molar-refractivity contribution < 1.29 is 23.5 Å². The third-order valence-electron chi connectivity index (χ3n) is 4.86. The van der Waals surface area contributed by atoms with Gasteiger partial charge >= 0.3 is 0 Å². The Morgan fingerprint density at radius 1 is 0.719 bits per heavy atom. The largest absolute Gasteiger partial charge is 0.497 e. The van der Waals surface area contributed by atoms with Crippen molar-refractivity contribution in [2.24, 2.45) is 0 Å². The van der Waals surface area contributed by atoms with Gasteiger partial charge in [0.05, 0.1) is 27.1 Å². The lowest BCUT2D eigenvalue weighted by atomic mass is 10.1. The number of hydrogen-bond donors (Lipinski definition) is 2. The zero-order valence-electron chi connectivity index (χ0n) is 17.9. The molecule has 0 saturated carbocycles. The van der Waals surface area contributed by atoms with Gasteiger partial charge in [-0.15, -0.1) is 0 Å². The number of carbonyl (C=O) groups excluding carboxylic acids is 2. The van der Waals surface area contributed by atoms with E-state index in [9.17, 15) is 14.0 Å². The topological polar surface area (TPSA) is 76.7 Å². The van der Waals surface area contributed by atoms with Gasteiger partial charge in [-0.2, -0.15) is 0 Å². The molecule has 0 unspecified atom stereocenters. The molecule has 0 bridgehead atoms. The molecule has 0 aromatic heterocycles. The number of hydrogen-bond acceptors (Lipinski definition) is 4. The fourth-order valence-electron chi connectivity index (χ4n) is 3.14. The Balaban J connectivity index is 1.68. The summed E-state index contributed by atoms with van der Waals surface area (Å²) < 4.78 is 23.6. The number of benzene rings is 3. The summed E-state index contributed by atoms with van der Waals surface area (Å²) in [5.41, 5.74) is 2.16. The minimum atomic E-state index is -0.799. The van der Waals surface area contributed by atoms with Crippen LogP contribution in [0, 0.1) is 5.82 Å². The molecule has 3 aromatic rings. The fourth-order valence-corrected chi connectivity index (χ4v) is 3.14. The summed E-state index contributed by atoms with van der Waals surface area (Å²) in [5, 5.41) is 5.64. The minimum Gasteiger partial charge on any atom is -0.497 e. The van der Waals surface area contributed by atoms with E-state index in [0.29, 0.717) is 17.1 Å². The van der Waals surface area contributed by atoms with E-state index in [1.165, 1.54) is 24.3 Å². The van der Waals surface area contributed by atoms with Crippen LogP contribution in [0.1, 0.15) is 22.9 Å². The zero-order chi connectivity index (χ0) is 22.9. The molecule has 3 aromatic carbocycles. The lowest BCUT2D eigenvalue weighted by Crippen LogP contribution is -2.42. The van der Waals surface area contributed by atoms with Gasteiger partial charge in [0.25, 0.3) is 0 Å². The Morgan fingerprint density at radius 3 is 1.50 bits per heavy atom. The molecule has 0 heterocycles. The molecule has 0 atom stereocenters. The van der Waals surface area contributed by atoms with Crippen LogP contribution in [0.5, 0.6) is 11.5 Å². The molecule has 166 valence electrons. The molecule has 6 nitrogen and oxygen atoms in total. The van der Waals surface area contributed by atoms with Gasteiger partial charge in [0.1, 0.15) is 23.5 Å². The Bertz CT molecular complexity index is 972. The molecule has 7 heteroatoms. The average molecular weight is 436 g/mol. The van der Waals surface area contributed by atoms with Gasteiger partial charge in [-0.05, 0) is 53.1 Å². The third-order valence-corrected chi connectivity index (χ3v) is 4.86. The van der Waals surface area contributed by atoms with Crippen LogP contribution < -0.4 is 20.1 Å². The van der Waals surface area contributed by atoms with E-state index in [0.717, 1.165) is 11.1 Å². The average Bonchev–Trinajstić information content (AvgIpc) is 2.80. The number of nitrogens with one attached hydrogen (secondary N) is 2. The van der Waals surface area contributed by atoms with Gasteiger partial charge in [0.15, 0.2) is 0 Å². The summed E-state index contributed by atoms with van der Waals surface area (Å²) in [5.74, 6) is 0.429. The number of methoxy groups -OCH3 is 2. The first-order valence-electron chi connectivity index (χ1n) is 10.1. The van der Waals surface area contributed by atoms with Crippen molar-refractivity contribution in [3.8, 4) is 11.5 Å². The van der Waals surface area contributed by atoms with Crippen LogP contribution in [0.3, 0.4) is 0 Å². The minimum absolute atomic E-state index is 0.121. The first kappa shape index (κ1) is 22.8. The molecule has 0 aliphatic carbocycles. The van der Waals surface area contributed by atoms with Gasteiger partial charge in [0, 0.05) is 0 Å². The van der Waals surface area contributed by atoms with E-state index in [-0.39, 0.29) is 24.7 Å². The summed E-state index contributed by atoms with van der Waals surface area (Å²) in [7, 11) is 3.15. The van der Waals surface area contributed by atoms with Crippen LogP contribution in [0.15, 0.2) is 72.8 Å². The van der Waals surface area contributed by atoms with E-state index < -0.39 is 12.0 Å². The van der Waals surface area contributed by atoms with Gasteiger partial charge in [-0.3, -0.25) is 9.59 Å². The Hall–Kier alpha value is -3.87. The third kappa shape index (κ3) is 6.57. The summed E-state index contributed by atoms with van der Waals surface area (Å²) in [4.78, 5) is 25.3. The van der Waals surface area contributed by atoms with Crippen molar-refractivity contribution in [1.29, 1.82) is 0 Å². The maximum Gasteiger partial charge on any atom is 0.226 e. The molecule has 0 aliphatic rings. The van der Waals surface area contributed by atoms with E-state index >= 15 is 0 Å². The molecule has 2 amide bonds. The molecule has 2 N–H and O–H groups in total. The van der Waals surface area contributed by atoms with Gasteiger partial charge in [0.2, 0.25) is 11.8 Å². The lowest BCUT2D eigenvalue weighted by molar-refractivity contribution is -0.123. The second kappa shape index (κ2) is 10.9. The molecule has 0 radical (unpaired) electrons. The smallest absolute Gasteiger partial charge is 0.226 e. The normalized spacial score (nSPS) is 10.5. The fraction of sp³-hybridized carbons (Fsp3) is 0.200. The maximum absolute atomic E-state index is 13.4. The summed E-state index contributed by atoms with van der Waals surface area (Å²) in [6.07, 6.45) is -0.557. The molecule has 0 aliphatic heterocycles. The van der Waals surface area contributed by atoms with E-state index in [2.05, 4.69) is 10.6 Å². The van der Waals surface area contributed by atoms with Crippen molar-refractivity contribution in [1.82, 2.24) is 10.6 Å². The first-order chi connectivity index (χ1) is 15.5. The van der Waals surface area contributed by atoms with Crippen molar-refractivity contribution in [2.75, 3.05) is 14.2 Å². The Morgan fingerprint density at radius 2 is 1.12 bits per heavy atom. The number of amides is 2. The second-order valence-corrected chi connectivity index (χ2v) is 7.17. The van der Waals surface area contributed by atoms with Crippen LogP contribution >= 0.6 is 0 Å². The number of halogens is 1. The molecule has 0 fully saturated rings. The molecular weight excluding hydrogens is 411 g/mol. The van der Waals surface area contributed by atoms with E-state index in [1.807, 2.05) is 0 Å². The second-order valence-electron chi connectivity index (χ2n) is 7.17. The van der Waals surface area contributed by atoms with Crippen molar-refractivity contribution in [2.45, 2.75) is 19.0 Å². The highest BCUT2D eigenvalue weighted by atomic mass is 19.1. The molecule has 32 heavy (non-hydrogen) atoms. The van der Waals surface area contributed by atoms with E-state index in [1.54, 1.807) is 62.8 Å². The van der Waals surface area contributed by atoms with Crippen molar-refractivity contribution in [3.63, 3.8) is 0 Å². The monoisotopic (exact) mass is 436 g/mol. The number of ether oxygens (including phenoxy) is 2. The maximum atomic E-state index is 13.4. The standard InChI is InChI=1S/C25H25FN2O4/c1-31-21-11-3-17(4-12-21)15-23(29)27-25(19-7-9-20(26)10-8-19)28-24(30)16-18-5-13-22(32-2)14-6-18/h3-14,25H,15-16H2,1-2H3,(H,27,29)(H,28,30). The highest BCUT2D eigenvalue weighted by molar-refractivity contribution is 5.82.